The third kappa shape index (κ3) is 4.71. The molecule has 2 rings (SSSR count). The number of alkyl halides is 2. The summed E-state index contributed by atoms with van der Waals surface area (Å²) in [5.41, 5.74) is 1.63. The molecule has 0 aromatic heterocycles. The van der Waals surface area contributed by atoms with Gasteiger partial charge in [-0.2, -0.15) is 8.78 Å². The Balaban J connectivity index is 2.14. The van der Waals surface area contributed by atoms with Crippen LogP contribution < -0.4 is 15.4 Å². The molecule has 0 saturated heterocycles. The van der Waals surface area contributed by atoms with Crippen LogP contribution in [0.4, 0.5) is 20.2 Å². The third-order valence-corrected chi connectivity index (χ3v) is 2.88. The van der Waals surface area contributed by atoms with Gasteiger partial charge >= 0.3 is 6.61 Å². The fraction of sp³-hybridized carbons (Fsp3) is 0.118. The Bertz CT molecular complexity index is 709. The highest BCUT2D eigenvalue weighted by atomic mass is 19.3. The van der Waals surface area contributed by atoms with E-state index in [0.717, 1.165) is 0 Å². The zero-order valence-corrected chi connectivity index (χ0v) is 12.1. The predicted molar refractivity (Wildman–Crippen MR) is 84.0 cm³/mol. The van der Waals surface area contributed by atoms with Gasteiger partial charge in [0.1, 0.15) is 5.75 Å². The molecule has 0 bridgehead atoms. The van der Waals surface area contributed by atoms with Crippen molar-refractivity contribution >= 4 is 17.3 Å². The van der Waals surface area contributed by atoms with Gasteiger partial charge in [0.05, 0.1) is 17.8 Å². The molecule has 2 aromatic rings. The number of carbonyl (C=O) groups excluding carboxylic acids is 1. The van der Waals surface area contributed by atoms with Crippen LogP contribution in [0.2, 0.25) is 0 Å². The van der Waals surface area contributed by atoms with Crippen molar-refractivity contribution in [2.75, 3.05) is 11.9 Å². The molecule has 118 valence electrons. The second kappa shape index (κ2) is 7.80. The van der Waals surface area contributed by atoms with Crippen molar-refractivity contribution < 1.29 is 18.3 Å². The van der Waals surface area contributed by atoms with Gasteiger partial charge in [-0.25, -0.2) is 0 Å². The molecule has 0 radical (unpaired) electrons. The lowest BCUT2D eigenvalue weighted by molar-refractivity contribution is -0.0498. The van der Waals surface area contributed by atoms with E-state index >= 15 is 0 Å². The average Bonchev–Trinajstić information content (AvgIpc) is 2.54. The molecule has 6 heteroatoms. The third-order valence-electron chi connectivity index (χ3n) is 2.88. The van der Waals surface area contributed by atoms with Crippen molar-refractivity contribution in [2.45, 2.75) is 6.61 Å². The van der Waals surface area contributed by atoms with Crippen LogP contribution in [0.5, 0.6) is 5.75 Å². The molecule has 0 atom stereocenters. The van der Waals surface area contributed by atoms with Crippen LogP contribution in [-0.4, -0.2) is 19.1 Å². The van der Waals surface area contributed by atoms with E-state index < -0.39 is 6.61 Å². The minimum Gasteiger partial charge on any atom is -0.435 e. The highest BCUT2D eigenvalue weighted by Crippen LogP contribution is 2.23. The Kier molecular flexibility index (Phi) is 5.53. The topological polar surface area (TPSA) is 50.4 Å². The van der Waals surface area contributed by atoms with Crippen LogP contribution in [0.25, 0.3) is 0 Å². The van der Waals surface area contributed by atoms with E-state index in [1.54, 1.807) is 36.4 Å². The molecule has 0 spiro atoms. The largest absolute Gasteiger partial charge is 0.435 e. The van der Waals surface area contributed by atoms with E-state index in [1.165, 1.54) is 12.1 Å². The molecule has 2 aromatic carbocycles. The van der Waals surface area contributed by atoms with Gasteiger partial charge in [0, 0.05) is 5.69 Å². The quantitative estimate of drug-likeness (QED) is 0.803. The highest BCUT2D eigenvalue weighted by Gasteiger charge is 2.10. The first kappa shape index (κ1) is 16.3. The summed E-state index contributed by atoms with van der Waals surface area (Å²) in [4.78, 5) is 12.0. The molecule has 4 nitrogen and oxygen atoms in total. The summed E-state index contributed by atoms with van der Waals surface area (Å²) < 4.78 is 28.5. The fourth-order valence-corrected chi connectivity index (χ4v) is 1.89. The summed E-state index contributed by atoms with van der Waals surface area (Å²) in [6.07, 6.45) is 5.12. The molecule has 0 saturated carbocycles. The summed E-state index contributed by atoms with van der Waals surface area (Å²) in [5, 5.41) is 5.64. The van der Waals surface area contributed by atoms with Crippen molar-refractivity contribution in [3.05, 3.63) is 54.1 Å². The minimum absolute atomic E-state index is 0.0607. The summed E-state index contributed by atoms with van der Waals surface area (Å²) in [6, 6.07) is 12.9. The number of anilines is 2. The Morgan fingerprint density at radius 1 is 1.17 bits per heavy atom. The predicted octanol–water partition coefficient (Wildman–Crippen LogP) is 3.39. The maximum atomic E-state index is 12.1. The first-order chi connectivity index (χ1) is 11.1. The number of amides is 1. The number of hydrogen-bond donors (Lipinski definition) is 2. The van der Waals surface area contributed by atoms with Crippen molar-refractivity contribution in [3.63, 3.8) is 0 Å². The second-order valence-corrected chi connectivity index (χ2v) is 4.46. The molecule has 2 N–H and O–H groups in total. The van der Waals surface area contributed by atoms with Crippen LogP contribution in [0, 0.1) is 12.3 Å². The number of benzene rings is 2. The van der Waals surface area contributed by atoms with Crippen LogP contribution >= 0.6 is 0 Å². The van der Waals surface area contributed by atoms with Gasteiger partial charge < -0.3 is 15.4 Å². The van der Waals surface area contributed by atoms with Crippen LogP contribution in [-0.2, 0) is 0 Å². The molecule has 1 amide bonds. The van der Waals surface area contributed by atoms with Gasteiger partial charge in [-0.15, -0.1) is 6.42 Å². The molecular weight excluding hydrogens is 302 g/mol. The van der Waals surface area contributed by atoms with E-state index in [-0.39, 0.29) is 18.2 Å². The number of terminal acetylenes is 1. The first-order valence-electron chi connectivity index (χ1n) is 6.72. The van der Waals surface area contributed by atoms with Gasteiger partial charge in [-0.05, 0) is 36.4 Å². The van der Waals surface area contributed by atoms with E-state index in [1.807, 2.05) is 0 Å². The zero-order chi connectivity index (χ0) is 16.7. The number of nitrogens with one attached hydrogen (secondary N) is 2. The number of hydrogen-bond acceptors (Lipinski definition) is 3. The molecule has 0 fully saturated rings. The van der Waals surface area contributed by atoms with Gasteiger partial charge in [0.25, 0.3) is 5.91 Å². The number of rotatable bonds is 6. The maximum absolute atomic E-state index is 12.1. The Hall–Kier alpha value is -3.07. The highest BCUT2D eigenvalue weighted by molar-refractivity contribution is 6.00. The standard InChI is InChI=1S/C17H14F2N2O2/c1-2-11-20-16(22)14-5-3-4-6-15(14)21-12-7-9-13(10-8-12)23-17(18)19/h1,3-10,17,21H,11H2,(H,20,22). The molecule has 0 unspecified atom stereocenters. The lowest BCUT2D eigenvalue weighted by Gasteiger charge is -2.12. The van der Waals surface area contributed by atoms with Crippen LogP contribution in [0.15, 0.2) is 48.5 Å². The summed E-state index contributed by atoms with van der Waals surface area (Å²) in [5.74, 6) is 2.09. The number of para-hydroxylation sites is 1. The van der Waals surface area contributed by atoms with Gasteiger partial charge in [0.2, 0.25) is 0 Å². The minimum atomic E-state index is -2.87. The zero-order valence-electron chi connectivity index (χ0n) is 12.1. The second-order valence-electron chi connectivity index (χ2n) is 4.46. The van der Waals surface area contributed by atoms with E-state index in [2.05, 4.69) is 21.3 Å². The van der Waals surface area contributed by atoms with Crippen molar-refractivity contribution in [1.82, 2.24) is 5.32 Å². The number of ether oxygens (including phenoxy) is 1. The Morgan fingerprint density at radius 3 is 2.52 bits per heavy atom. The van der Waals surface area contributed by atoms with Crippen molar-refractivity contribution in [3.8, 4) is 18.1 Å². The molecule has 0 heterocycles. The smallest absolute Gasteiger partial charge is 0.387 e. The lowest BCUT2D eigenvalue weighted by atomic mass is 10.1. The maximum Gasteiger partial charge on any atom is 0.387 e. The fourth-order valence-electron chi connectivity index (χ4n) is 1.89. The Morgan fingerprint density at radius 2 is 1.87 bits per heavy atom. The molecule has 0 aliphatic carbocycles. The van der Waals surface area contributed by atoms with Gasteiger partial charge in [-0.3, -0.25) is 4.79 Å². The lowest BCUT2D eigenvalue weighted by Crippen LogP contribution is -2.24. The van der Waals surface area contributed by atoms with Gasteiger partial charge in [-0.1, -0.05) is 18.1 Å². The van der Waals surface area contributed by atoms with Gasteiger partial charge in [0.15, 0.2) is 0 Å². The van der Waals surface area contributed by atoms with Crippen LogP contribution in [0.3, 0.4) is 0 Å². The monoisotopic (exact) mass is 316 g/mol. The van der Waals surface area contributed by atoms with Crippen molar-refractivity contribution in [2.24, 2.45) is 0 Å². The summed E-state index contributed by atoms with van der Waals surface area (Å²) in [7, 11) is 0. The summed E-state index contributed by atoms with van der Waals surface area (Å²) in [6.45, 7) is -2.73. The SMILES string of the molecule is C#CCNC(=O)c1ccccc1Nc1ccc(OC(F)F)cc1. The number of halogens is 2. The molecule has 23 heavy (non-hydrogen) atoms. The molecular formula is C17H14F2N2O2. The van der Waals surface area contributed by atoms with Crippen LogP contribution in [0.1, 0.15) is 10.4 Å². The van der Waals surface area contributed by atoms with Crippen molar-refractivity contribution in [1.29, 1.82) is 0 Å². The van der Waals surface area contributed by atoms with E-state index in [9.17, 15) is 13.6 Å². The molecule has 0 aliphatic heterocycles. The van der Waals surface area contributed by atoms with E-state index in [0.29, 0.717) is 16.9 Å². The van der Waals surface area contributed by atoms with E-state index in [4.69, 9.17) is 6.42 Å². The normalized spacial score (nSPS) is 10.0. The molecule has 0 aliphatic rings. The Labute approximate surface area is 132 Å². The summed E-state index contributed by atoms with van der Waals surface area (Å²) >= 11 is 0. The average molecular weight is 316 g/mol. The first-order valence-corrected chi connectivity index (χ1v) is 6.72. The number of carbonyl (C=O) groups is 1.